The van der Waals surface area contributed by atoms with Crippen molar-refractivity contribution in [1.29, 1.82) is 0 Å². The summed E-state index contributed by atoms with van der Waals surface area (Å²) >= 11 is 0. The molecular weight excluding hydrogens is 300 g/mol. The van der Waals surface area contributed by atoms with E-state index in [9.17, 15) is 19.7 Å². The van der Waals surface area contributed by atoms with Gasteiger partial charge in [0.05, 0.1) is 4.92 Å². The fourth-order valence-electron chi connectivity index (χ4n) is 2.04. The van der Waals surface area contributed by atoms with Crippen LogP contribution in [0.25, 0.3) is 0 Å². The van der Waals surface area contributed by atoms with E-state index in [0.717, 1.165) is 26.1 Å². The molecule has 0 spiro atoms. The van der Waals surface area contributed by atoms with Gasteiger partial charge in [0.1, 0.15) is 5.69 Å². The van der Waals surface area contributed by atoms with Gasteiger partial charge >= 0.3 is 11.8 Å². The molecule has 8 nitrogen and oxygen atoms in total. The van der Waals surface area contributed by atoms with Crippen LogP contribution in [-0.4, -0.2) is 47.8 Å². The van der Waals surface area contributed by atoms with E-state index in [0.29, 0.717) is 6.54 Å². The van der Waals surface area contributed by atoms with Crippen molar-refractivity contribution in [1.82, 2.24) is 10.2 Å². The number of nitrogens with zero attached hydrogens (tertiary/aromatic N) is 2. The van der Waals surface area contributed by atoms with Crippen LogP contribution < -0.4 is 10.6 Å². The highest BCUT2D eigenvalue weighted by Gasteiger charge is 2.19. The second kappa shape index (κ2) is 9.52. The van der Waals surface area contributed by atoms with Gasteiger partial charge in [-0.15, -0.1) is 0 Å². The van der Waals surface area contributed by atoms with Crippen molar-refractivity contribution in [2.24, 2.45) is 0 Å². The van der Waals surface area contributed by atoms with Crippen molar-refractivity contribution in [3.8, 4) is 0 Å². The molecule has 0 bridgehead atoms. The number of amides is 2. The molecule has 0 aromatic heterocycles. The van der Waals surface area contributed by atoms with E-state index < -0.39 is 16.7 Å². The molecule has 23 heavy (non-hydrogen) atoms. The largest absolute Gasteiger partial charge is 0.348 e. The minimum atomic E-state index is -0.915. The molecule has 1 aromatic carbocycles. The number of para-hydroxylation sites is 2. The van der Waals surface area contributed by atoms with Gasteiger partial charge in [-0.25, -0.2) is 0 Å². The first-order chi connectivity index (χ1) is 11.0. The maximum Gasteiger partial charge on any atom is 0.313 e. The molecular formula is C15H22N4O4. The van der Waals surface area contributed by atoms with Crippen LogP contribution in [0.5, 0.6) is 0 Å². The summed E-state index contributed by atoms with van der Waals surface area (Å²) in [6, 6.07) is 5.67. The molecule has 1 rings (SSSR count). The van der Waals surface area contributed by atoms with Gasteiger partial charge in [0.2, 0.25) is 0 Å². The number of benzene rings is 1. The van der Waals surface area contributed by atoms with Gasteiger partial charge in [-0.05, 0) is 32.1 Å². The van der Waals surface area contributed by atoms with E-state index in [4.69, 9.17) is 0 Å². The SMILES string of the molecule is CCN(CC)CCCNC(=O)C(=O)Nc1ccccc1[N+](=O)[O-]. The predicted molar refractivity (Wildman–Crippen MR) is 87.1 cm³/mol. The van der Waals surface area contributed by atoms with Gasteiger partial charge < -0.3 is 15.5 Å². The summed E-state index contributed by atoms with van der Waals surface area (Å²) in [5, 5.41) is 15.6. The van der Waals surface area contributed by atoms with Crippen LogP contribution in [0.3, 0.4) is 0 Å². The van der Waals surface area contributed by atoms with E-state index in [2.05, 4.69) is 29.4 Å². The molecule has 2 amide bonds. The highest BCUT2D eigenvalue weighted by atomic mass is 16.6. The number of hydrogen-bond acceptors (Lipinski definition) is 5. The fourth-order valence-corrected chi connectivity index (χ4v) is 2.04. The van der Waals surface area contributed by atoms with Crippen LogP contribution in [0.2, 0.25) is 0 Å². The first-order valence-electron chi connectivity index (χ1n) is 7.54. The number of nitro groups is 1. The number of carbonyl (C=O) groups excluding carboxylic acids is 2. The molecule has 2 N–H and O–H groups in total. The van der Waals surface area contributed by atoms with Crippen molar-refractivity contribution >= 4 is 23.2 Å². The van der Waals surface area contributed by atoms with Gasteiger partial charge in [0, 0.05) is 12.6 Å². The Hall–Kier alpha value is -2.48. The van der Waals surface area contributed by atoms with Crippen LogP contribution in [0, 0.1) is 10.1 Å². The second-order valence-corrected chi connectivity index (χ2v) is 4.86. The lowest BCUT2D eigenvalue weighted by Gasteiger charge is -2.17. The van der Waals surface area contributed by atoms with Crippen LogP contribution in [-0.2, 0) is 9.59 Å². The maximum absolute atomic E-state index is 11.8. The van der Waals surface area contributed by atoms with E-state index in [1.165, 1.54) is 18.2 Å². The van der Waals surface area contributed by atoms with Crippen LogP contribution in [0.15, 0.2) is 24.3 Å². The summed E-state index contributed by atoms with van der Waals surface area (Å²) in [5.74, 6) is -1.72. The Labute approximate surface area is 135 Å². The van der Waals surface area contributed by atoms with Crippen LogP contribution in [0.4, 0.5) is 11.4 Å². The number of nitrogens with one attached hydrogen (secondary N) is 2. The Morgan fingerprint density at radius 1 is 1.17 bits per heavy atom. The van der Waals surface area contributed by atoms with Crippen molar-refractivity contribution < 1.29 is 14.5 Å². The zero-order chi connectivity index (χ0) is 17.2. The predicted octanol–water partition coefficient (Wildman–Crippen LogP) is 1.38. The number of rotatable bonds is 8. The van der Waals surface area contributed by atoms with Crippen molar-refractivity contribution in [2.75, 3.05) is 31.5 Å². The molecule has 0 radical (unpaired) electrons. The third kappa shape index (κ3) is 6.03. The molecule has 126 valence electrons. The highest BCUT2D eigenvalue weighted by molar-refractivity contribution is 6.39. The Balaban J connectivity index is 2.46. The smallest absolute Gasteiger partial charge is 0.313 e. The van der Waals surface area contributed by atoms with E-state index in [-0.39, 0.29) is 11.4 Å². The molecule has 0 unspecified atom stereocenters. The molecule has 0 heterocycles. The molecule has 0 fully saturated rings. The fraction of sp³-hybridized carbons (Fsp3) is 0.467. The van der Waals surface area contributed by atoms with Gasteiger partial charge in [-0.1, -0.05) is 26.0 Å². The number of anilines is 1. The second-order valence-electron chi connectivity index (χ2n) is 4.86. The summed E-state index contributed by atoms with van der Waals surface area (Å²) in [5.41, 5.74) is -0.254. The lowest BCUT2D eigenvalue weighted by molar-refractivity contribution is -0.383. The topological polar surface area (TPSA) is 105 Å². The summed E-state index contributed by atoms with van der Waals surface area (Å²) in [4.78, 5) is 35.9. The van der Waals surface area contributed by atoms with E-state index in [1.54, 1.807) is 6.07 Å². The molecule has 0 atom stereocenters. The molecule has 0 aliphatic heterocycles. The molecule has 0 saturated heterocycles. The van der Waals surface area contributed by atoms with Crippen molar-refractivity contribution in [3.05, 3.63) is 34.4 Å². The van der Waals surface area contributed by atoms with Crippen molar-refractivity contribution in [3.63, 3.8) is 0 Å². The first-order valence-corrected chi connectivity index (χ1v) is 7.54. The standard InChI is InChI=1S/C15H22N4O4/c1-3-18(4-2)11-7-10-16-14(20)15(21)17-12-8-5-6-9-13(12)19(22)23/h5-6,8-9H,3-4,7,10-11H2,1-2H3,(H,16,20)(H,17,21). The third-order valence-corrected chi connectivity index (χ3v) is 3.39. The highest BCUT2D eigenvalue weighted by Crippen LogP contribution is 2.22. The molecule has 0 aliphatic rings. The first kappa shape index (κ1) is 18.6. The van der Waals surface area contributed by atoms with Gasteiger partial charge in [0.15, 0.2) is 0 Å². The summed E-state index contributed by atoms with van der Waals surface area (Å²) < 4.78 is 0. The van der Waals surface area contributed by atoms with E-state index in [1.807, 2.05) is 0 Å². The molecule has 1 aromatic rings. The zero-order valence-corrected chi connectivity index (χ0v) is 13.4. The normalized spacial score (nSPS) is 10.4. The van der Waals surface area contributed by atoms with E-state index >= 15 is 0 Å². The van der Waals surface area contributed by atoms with Crippen molar-refractivity contribution in [2.45, 2.75) is 20.3 Å². The number of nitro benzene ring substituents is 1. The molecule has 8 heteroatoms. The Bertz CT molecular complexity index is 558. The molecule has 0 saturated carbocycles. The monoisotopic (exact) mass is 322 g/mol. The Morgan fingerprint density at radius 2 is 1.83 bits per heavy atom. The lowest BCUT2D eigenvalue weighted by atomic mass is 10.2. The van der Waals surface area contributed by atoms with Gasteiger partial charge in [0.25, 0.3) is 5.69 Å². The zero-order valence-electron chi connectivity index (χ0n) is 13.4. The van der Waals surface area contributed by atoms with Gasteiger partial charge in [-0.2, -0.15) is 0 Å². The summed E-state index contributed by atoms with van der Waals surface area (Å²) in [6.45, 7) is 7.19. The number of hydrogen-bond donors (Lipinski definition) is 2. The van der Waals surface area contributed by atoms with Crippen LogP contribution >= 0.6 is 0 Å². The lowest BCUT2D eigenvalue weighted by Crippen LogP contribution is -2.37. The Morgan fingerprint density at radius 3 is 2.43 bits per heavy atom. The minimum absolute atomic E-state index is 0.000733. The average Bonchev–Trinajstić information content (AvgIpc) is 2.55. The summed E-state index contributed by atoms with van der Waals surface area (Å²) in [7, 11) is 0. The Kier molecular flexibility index (Phi) is 7.69. The molecule has 0 aliphatic carbocycles. The quantitative estimate of drug-likeness (QED) is 0.326. The summed E-state index contributed by atoms with van der Waals surface area (Å²) in [6.07, 6.45) is 0.728. The van der Waals surface area contributed by atoms with Crippen LogP contribution in [0.1, 0.15) is 20.3 Å². The maximum atomic E-state index is 11.8. The van der Waals surface area contributed by atoms with Gasteiger partial charge in [-0.3, -0.25) is 19.7 Å². The third-order valence-electron chi connectivity index (χ3n) is 3.39. The number of carbonyl (C=O) groups is 2. The minimum Gasteiger partial charge on any atom is -0.348 e. The average molecular weight is 322 g/mol.